The molecule has 29 heavy (non-hydrogen) atoms. The number of benzene rings is 2. The Labute approximate surface area is 172 Å². The van der Waals surface area contributed by atoms with Crippen LogP contribution in [0.25, 0.3) is 0 Å². The number of ether oxygens (including phenoxy) is 2. The Kier molecular flexibility index (Phi) is 8.82. The van der Waals surface area contributed by atoms with E-state index in [1.807, 2.05) is 66.5 Å². The standard InChI is InChI=1S/C22H30N4O3/c1-25(2)21(27)17-24-22(23-16-18-8-6-5-7-9-18)26(3)14-15-29-20-12-10-19(28-4)11-13-20/h5-13H,14-17H2,1-4H3,(H,23,24). The quantitative estimate of drug-likeness (QED) is 0.518. The highest BCUT2D eigenvalue weighted by atomic mass is 16.5. The summed E-state index contributed by atoms with van der Waals surface area (Å²) in [5.41, 5.74) is 1.11. The van der Waals surface area contributed by atoms with Gasteiger partial charge in [-0.3, -0.25) is 4.79 Å². The third-order valence-electron chi connectivity index (χ3n) is 4.27. The van der Waals surface area contributed by atoms with E-state index in [1.54, 1.807) is 26.1 Å². The fourth-order valence-electron chi connectivity index (χ4n) is 2.45. The summed E-state index contributed by atoms with van der Waals surface area (Å²) >= 11 is 0. The Morgan fingerprint density at radius 1 is 1.00 bits per heavy atom. The zero-order valence-corrected chi connectivity index (χ0v) is 17.6. The smallest absolute Gasteiger partial charge is 0.241 e. The Balaban J connectivity index is 1.94. The molecule has 0 saturated carbocycles. The Morgan fingerprint density at radius 3 is 2.28 bits per heavy atom. The van der Waals surface area contributed by atoms with Gasteiger partial charge in [0.05, 0.1) is 26.7 Å². The van der Waals surface area contributed by atoms with Gasteiger partial charge in [0.15, 0.2) is 5.96 Å². The van der Waals surface area contributed by atoms with Crippen LogP contribution in [0.3, 0.4) is 0 Å². The summed E-state index contributed by atoms with van der Waals surface area (Å²) in [6, 6.07) is 17.5. The third kappa shape index (κ3) is 7.73. The lowest BCUT2D eigenvalue weighted by Gasteiger charge is -2.23. The Morgan fingerprint density at radius 2 is 1.66 bits per heavy atom. The monoisotopic (exact) mass is 398 g/mol. The molecule has 0 aliphatic heterocycles. The second kappa shape index (κ2) is 11.6. The molecule has 0 radical (unpaired) electrons. The van der Waals surface area contributed by atoms with Crippen molar-refractivity contribution < 1.29 is 14.3 Å². The molecule has 2 rings (SSSR count). The number of hydrogen-bond acceptors (Lipinski definition) is 4. The number of aliphatic imine (C=N–C) groups is 1. The molecule has 0 aliphatic carbocycles. The van der Waals surface area contributed by atoms with Crippen LogP contribution in [0.5, 0.6) is 11.5 Å². The molecule has 156 valence electrons. The molecule has 1 amide bonds. The maximum atomic E-state index is 12.0. The molecule has 2 aromatic carbocycles. The molecule has 0 aromatic heterocycles. The first-order valence-electron chi connectivity index (χ1n) is 9.50. The lowest BCUT2D eigenvalue weighted by molar-refractivity contribution is -0.127. The van der Waals surface area contributed by atoms with E-state index in [0.717, 1.165) is 17.1 Å². The highest BCUT2D eigenvalue weighted by Crippen LogP contribution is 2.16. The molecule has 0 saturated heterocycles. The van der Waals surface area contributed by atoms with Crippen molar-refractivity contribution in [2.24, 2.45) is 4.99 Å². The number of nitrogens with zero attached hydrogens (tertiary/aromatic N) is 3. The third-order valence-corrected chi connectivity index (χ3v) is 4.27. The molecule has 0 atom stereocenters. The van der Waals surface area contributed by atoms with E-state index in [0.29, 0.717) is 25.7 Å². The van der Waals surface area contributed by atoms with Crippen molar-refractivity contribution in [3.8, 4) is 11.5 Å². The number of carbonyl (C=O) groups excluding carboxylic acids is 1. The van der Waals surface area contributed by atoms with Gasteiger partial charge in [-0.15, -0.1) is 0 Å². The number of rotatable bonds is 9. The average molecular weight is 399 g/mol. The molecule has 0 aliphatic rings. The zero-order valence-electron chi connectivity index (χ0n) is 17.6. The fraction of sp³-hybridized carbons (Fsp3) is 0.364. The molecular formula is C22H30N4O3. The largest absolute Gasteiger partial charge is 0.497 e. The average Bonchev–Trinajstić information content (AvgIpc) is 2.74. The molecule has 0 fully saturated rings. The summed E-state index contributed by atoms with van der Waals surface area (Å²) in [5.74, 6) is 2.21. The van der Waals surface area contributed by atoms with E-state index in [4.69, 9.17) is 9.47 Å². The topological polar surface area (TPSA) is 66.4 Å². The molecule has 0 unspecified atom stereocenters. The van der Waals surface area contributed by atoms with Crippen LogP contribution < -0.4 is 14.8 Å². The minimum atomic E-state index is -0.0136. The first-order valence-corrected chi connectivity index (χ1v) is 9.50. The van der Waals surface area contributed by atoms with Gasteiger partial charge in [-0.2, -0.15) is 0 Å². The summed E-state index contributed by atoms with van der Waals surface area (Å²) in [4.78, 5) is 20.1. The van der Waals surface area contributed by atoms with Gasteiger partial charge < -0.3 is 24.6 Å². The normalized spacial score (nSPS) is 11.0. The van der Waals surface area contributed by atoms with Crippen molar-refractivity contribution in [2.75, 3.05) is 47.9 Å². The number of guanidine groups is 1. The van der Waals surface area contributed by atoms with Crippen LogP contribution in [-0.4, -0.2) is 69.6 Å². The predicted molar refractivity (Wildman–Crippen MR) is 115 cm³/mol. The summed E-state index contributed by atoms with van der Waals surface area (Å²) in [7, 11) is 7.03. The molecule has 1 N–H and O–H groups in total. The summed E-state index contributed by atoms with van der Waals surface area (Å²) in [5, 5.41) is 3.15. The Hall–Kier alpha value is -3.22. The SMILES string of the molecule is COc1ccc(OCCN(C)C(=NCc2ccccc2)NCC(=O)N(C)C)cc1. The first kappa shape index (κ1) is 22.1. The van der Waals surface area contributed by atoms with Crippen molar-refractivity contribution in [1.82, 2.24) is 15.1 Å². The zero-order chi connectivity index (χ0) is 21.1. The van der Waals surface area contributed by atoms with Crippen molar-refractivity contribution >= 4 is 11.9 Å². The molecule has 0 spiro atoms. The van der Waals surface area contributed by atoms with Crippen LogP contribution in [0.2, 0.25) is 0 Å². The number of carbonyl (C=O) groups is 1. The van der Waals surface area contributed by atoms with Crippen LogP contribution in [0.1, 0.15) is 5.56 Å². The van der Waals surface area contributed by atoms with E-state index in [1.165, 1.54) is 0 Å². The molecule has 0 bridgehead atoms. The highest BCUT2D eigenvalue weighted by molar-refractivity contribution is 5.86. The van der Waals surface area contributed by atoms with Crippen LogP contribution in [-0.2, 0) is 11.3 Å². The van der Waals surface area contributed by atoms with Crippen LogP contribution in [0.15, 0.2) is 59.6 Å². The van der Waals surface area contributed by atoms with Gasteiger partial charge in [0.1, 0.15) is 18.1 Å². The minimum absolute atomic E-state index is 0.0136. The number of methoxy groups -OCH3 is 1. The number of nitrogens with one attached hydrogen (secondary N) is 1. The van der Waals surface area contributed by atoms with Gasteiger partial charge in [0, 0.05) is 21.1 Å². The number of hydrogen-bond donors (Lipinski definition) is 1. The van der Waals surface area contributed by atoms with Crippen LogP contribution >= 0.6 is 0 Å². The van der Waals surface area contributed by atoms with E-state index < -0.39 is 0 Å². The minimum Gasteiger partial charge on any atom is -0.497 e. The van der Waals surface area contributed by atoms with Gasteiger partial charge >= 0.3 is 0 Å². The van der Waals surface area contributed by atoms with Crippen molar-refractivity contribution in [3.05, 3.63) is 60.2 Å². The van der Waals surface area contributed by atoms with Gasteiger partial charge in [-0.1, -0.05) is 30.3 Å². The highest BCUT2D eigenvalue weighted by Gasteiger charge is 2.10. The molecular weight excluding hydrogens is 368 g/mol. The van der Waals surface area contributed by atoms with E-state index in [2.05, 4.69) is 10.3 Å². The van der Waals surface area contributed by atoms with Gasteiger partial charge in [-0.25, -0.2) is 4.99 Å². The van der Waals surface area contributed by atoms with Crippen LogP contribution in [0.4, 0.5) is 0 Å². The van der Waals surface area contributed by atoms with Gasteiger partial charge in [0.2, 0.25) is 5.91 Å². The molecule has 2 aromatic rings. The maximum Gasteiger partial charge on any atom is 0.241 e. The Bertz CT molecular complexity index is 776. The lowest BCUT2D eigenvalue weighted by atomic mass is 10.2. The fourth-order valence-corrected chi connectivity index (χ4v) is 2.45. The van der Waals surface area contributed by atoms with E-state index >= 15 is 0 Å². The second-order valence-corrected chi connectivity index (χ2v) is 6.71. The van der Waals surface area contributed by atoms with Crippen LogP contribution in [0, 0.1) is 0 Å². The van der Waals surface area contributed by atoms with Gasteiger partial charge in [-0.05, 0) is 29.8 Å². The van der Waals surface area contributed by atoms with Crippen molar-refractivity contribution in [3.63, 3.8) is 0 Å². The summed E-state index contributed by atoms with van der Waals surface area (Å²) < 4.78 is 10.9. The number of likely N-dealkylation sites (N-methyl/N-ethyl adjacent to an activating group) is 2. The molecule has 7 heteroatoms. The van der Waals surface area contributed by atoms with Gasteiger partial charge in [0.25, 0.3) is 0 Å². The first-order chi connectivity index (χ1) is 14.0. The maximum absolute atomic E-state index is 12.0. The van der Waals surface area contributed by atoms with Crippen molar-refractivity contribution in [1.29, 1.82) is 0 Å². The van der Waals surface area contributed by atoms with Crippen molar-refractivity contribution in [2.45, 2.75) is 6.54 Å². The van der Waals surface area contributed by atoms with E-state index in [-0.39, 0.29) is 12.5 Å². The summed E-state index contributed by atoms with van der Waals surface area (Å²) in [6.07, 6.45) is 0. The van der Waals surface area contributed by atoms with E-state index in [9.17, 15) is 4.79 Å². The number of amides is 1. The molecule has 0 heterocycles. The molecule has 7 nitrogen and oxygen atoms in total. The second-order valence-electron chi connectivity index (χ2n) is 6.71. The lowest BCUT2D eigenvalue weighted by Crippen LogP contribution is -2.45. The summed E-state index contributed by atoms with van der Waals surface area (Å²) in [6.45, 7) is 1.81. The predicted octanol–water partition coefficient (Wildman–Crippen LogP) is 2.24.